The summed E-state index contributed by atoms with van der Waals surface area (Å²) >= 11 is 0. The van der Waals surface area contributed by atoms with Crippen molar-refractivity contribution in [3.8, 4) is 0 Å². The maximum atomic E-state index is 12.5. The molecular formula is C17H24N4O4. The molecule has 0 aliphatic carbocycles. The Morgan fingerprint density at radius 3 is 2.56 bits per heavy atom. The number of likely N-dealkylation sites (N-methyl/N-ethyl adjacent to an activating group) is 1. The SMILES string of the molecule is CCNC(=O)CNC(=O)c1cc([N+](=O)[O-])ccc1N1CCC(C)CC1. The molecule has 2 N–H and O–H groups in total. The zero-order valence-electron chi connectivity index (χ0n) is 14.6. The number of nitro benzene ring substituents is 1. The third-order valence-electron chi connectivity index (χ3n) is 4.34. The van der Waals surface area contributed by atoms with Gasteiger partial charge >= 0.3 is 0 Å². The largest absolute Gasteiger partial charge is 0.371 e. The number of nitrogens with one attached hydrogen (secondary N) is 2. The molecule has 1 aromatic carbocycles. The number of nitro groups is 1. The van der Waals surface area contributed by atoms with E-state index in [0.29, 0.717) is 18.2 Å². The molecule has 1 heterocycles. The second-order valence-electron chi connectivity index (χ2n) is 6.26. The predicted octanol–water partition coefficient (Wildman–Crippen LogP) is 1.70. The van der Waals surface area contributed by atoms with Gasteiger partial charge in [0.1, 0.15) is 0 Å². The maximum Gasteiger partial charge on any atom is 0.270 e. The Hall–Kier alpha value is -2.64. The van der Waals surface area contributed by atoms with E-state index >= 15 is 0 Å². The predicted molar refractivity (Wildman–Crippen MR) is 94.7 cm³/mol. The minimum absolute atomic E-state index is 0.141. The molecule has 25 heavy (non-hydrogen) atoms. The van der Waals surface area contributed by atoms with Crippen molar-refractivity contribution >= 4 is 23.2 Å². The van der Waals surface area contributed by atoms with Crippen LogP contribution in [0.25, 0.3) is 0 Å². The van der Waals surface area contributed by atoms with Crippen molar-refractivity contribution in [3.63, 3.8) is 0 Å². The standard InChI is InChI=1S/C17H24N4O4/c1-3-18-16(22)11-19-17(23)14-10-13(21(24)25)4-5-15(14)20-8-6-12(2)7-9-20/h4-5,10,12H,3,6-9,11H2,1-2H3,(H,18,22)(H,19,23). The van der Waals surface area contributed by atoms with Crippen LogP contribution in [0.5, 0.6) is 0 Å². The van der Waals surface area contributed by atoms with Crippen LogP contribution in [0.1, 0.15) is 37.0 Å². The van der Waals surface area contributed by atoms with Crippen LogP contribution in [0.2, 0.25) is 0 Å². The summed E-state index contributed by atoms with van der Waals surface area (Å²) in [5, 5.41) is 16.2. The molecule has 2 rings (SSSR count). The lowest BCUT2D eigenvalue weighted by Gasteiger charge is -2.33. The number of non-ortho nitro benzene ring substituents is 1. The summed E-state index contributed by atoms with van der Waals surface area (Å²) in [6, 6.07) is 4.31. The number of piperidine rings is 1. The number of hydrogen-bond acceptors (Lipinski definition) is 5. The van der Waals surface area contributed by atoms with Crippen molar-refractivity contribution < 1.29 is 14.5 Å². The zero-order chi connectivity index (χ0) is 18.4. The molecule has 0 atom stereocenters. The van der Waals surface area contributed by atoms with Gasteiger partial charge in [-0.2, -0.15) is 0 Å². The molecular weight excluding hydrogens is 324 g/mol. The number of nitrogens with zero attached hydrogens (tertiary/aromatic N) is 2. The summed E-state index contributed by atoms with van der Waals surface area (Å²) < 4.78 is 0. The third kappa shape index (κ3) is 4.91. The molecule has 0 radical (unpaired) electrons. The van der Waals surface area contributed by atoms with Gasteiger partial charge in [0.15, 0.2) is 0 Å². The van der Waals surface area contributed by atoms with Gasteiger partial charge in [-0.05, 0) is 31.7 Å². The van der Waals surface area contributed by atoms with Gasteiger partial charge in [-0.3, -0.25) is 19.7 Å². The van der Waals surface area contributed by atoms with Crippen LogP contribution in [0.15, 0.2) is 18.2 Å². The van der Waals surface area contributed by atoms with E-state index in [1.54, 1.807) is 13.0 Å². The summed E-state index contributed by atoms with van der Waals surface area (Å²) in [5.41, 5.74) is 0.760. The Labute approximate surface area is 146 Å². The second-order valence-corrected chi connectivity index (χ2v) is 6.26. The minimum atomic E-state index is -0.525. The van der Waals surface area contributed by atoms with E-state index in [-0.39, 0.29) is 23.7 Å². The molecule has 0 bridgehead atoms. The lowest BCUT2D eigenvalue weighted by Crippen LogP contribution is -2.38. The molecule has 1 aliphatic rings. The van der Waals surface area contributed by atoms with Gasteiger partial charge in [0.2, 0.25) is 5.91 Å². The van der Waals surface area contributed by atoms with Gasteiger partial charge in [0, 0.05) is 31.8 Å². The van der Waals surface area contributed by atoms with E-state index in [1.165, 1.54) is 12.1 Å². The van der Waals surface area contributed by atoms with Gasteiger partial charge in [-0.1, -0.05) is 6.92 Å². The summed E-state index contributed by atoms with van der Waals surface area (Å²) in [4.78, 5) is 36.7. The Balaban J connectivity index is 2.22. The third-order valence-corrected chi connectivity index (χ3v) is 4.34. The Kier molecular flexibility index (Phi) is 6.32. The lowest BCUT2D eigenvalue weighted by molar-refractivity contribution is -0.384. The second kappa shape index (κ2) is 8.46. The fourth-order valence-electron chi connectivity index (χ4n) is 2.86. The molecule has 1 aromatic rings. The van der Waals surface area contributed by atoms with Gasteiger partial charge < -0.3 is 15.5 Å². The van der Waals surface area contributed by atoms with E-state index in [9.17, 15) is 19.7 Å². The molecule has 8 heteroatoms. The lowest BCUT2D eigenvalue weighted by atomic mass is 9.98. The molecule has 0 spiro atoms. The molecule has 1 saturated heterocycles. The average molecular weight is 348 g/mol. The number of benzene rings is 1. The first kappa shape index (κ1) is 18.7. The van der Waals surface area contributed by atoms with Crippen LogP contribution in [-0.4, -0.2) is 42.9 Å². The smallest absolute Gasteiger partial charge is 0.270 e. The van der Waals surface area contributed by atoms with E-state index in [4.69, 9.17) is 0 Å². The Morgan fingerprint density at radius 1 is 1.28 bits per heavy atom. The van der Waals surface area contributed by atoms with E-state index in [1.807, 2.05) is 0 Å². The monoisotopic (exact) mass is 348 g/mol. The first-order chi connectivity index (χ1) is 11.9. The van der Waals surface area contributed by atoms with Crippen molar-refractivity contribution in [2.45, 2.75) is 26.7 Å². The number of amides is 2. The normalized spacial score (nSPS) is 14.9. The molecule has 0 unspecified atom stereocenters. The first-order valence-corrected chi connectivity index (χ1v) is 8.50. The van der Waals surface area contributed by atoms with Crippen molar-refractivity contribution in [1.29, 1.82) is 0 Å². The number of carbonyl (C=O) groups excluding carboxylic acids is 2. The van der Waals surface area contributed by atoms with Gasteiger partial charge in [0.05, 0.1) is 22.7 Å². The van der Waals surface area contributed by atoms with E-state index < -0.39 is 10.8 Å². The topological polar surface area (TPSA) is 105 Å². The fraction of sp³-hybridized carbons (Fsp3) is 0.529. The average Bonchev–Trinajstić information content (AvgIpc) is 2.60. The highest BCUT2D eigenvalue weighted by Crippen LogP contribution is 2.29. The Bertz CT molecular complexity index is 654. The highest BCUT2D eigenvalue weighted by molar-refractivity contribution is 6.02. The van der Waals surface area contributed by atoms with Crippen molar-refractivity contribution in [3.05, 3.63) is 33.9 Å². The zero-order valence-corrected chi connectivity index (χ0v) is 14.6. The minimum Gasteiger partial charge on any atom is -0.371 e. The number of rotatable bonds is 6. The van der Waals surface area contributed by atoms with Crippen LogP contribution in [0, 0.1) is 16.0 Å². The summed E-state index contributed by atoms with van der Waals surface area (Å²) in [7, 11) is 0. The van der Waals surface area contributed by atoms with E-state index in [2.05, 4.69) is 22.5 Å². The molecule has 0 saturated carbocycles. The highest BCUT2D eigenvalue weighted by Gasteiger charge is 2.23. The number of hydrogen-bond donors (Lipinski definition) is 2. The summed E-state index contributed by atoms with van der Waals surface area (Å²) in [6.45, 7) is 5.89. The van der Waals surface area contributed by atoms with Gasteiger partial charge in [0.25, 0.3) is 11.6 Å². The quantitative estimate of drug-likeness (QED) is 0.601. The molecule has 2 amide bonds. The first-order valence-electron chi connectivity index (χ1n) is 8.50. The maximum absolute atomic E-state index is 12.5. The van der Waals surface area contributed by atoms with Crippen LogP contribution in [-0.2, 0) is 4.79 Å². The van der Waals surface area contributed by atoms with Gasteiger partial charge in [-0.15, -0.1) is 0 Å². The summed E-state index contributed by atoms with van der Waals surface area (Å²) in [6.07, 6.45) is 2.02. The van der Waals surface area contributed by atoms with Crippen molar-refractivity contribution in [2.24, 2.45) is 5.92 Å². The van der Waals surface area contributed by atoms with Crippen LogP contribution in [0.3, 0.4) is 0 Å². The number of carbonyl (C=O) groups is 2. The van der Waals surface area contributed by atoms with Crippen LogP contribution < -0.4 is 15.5 Å². The highest BCUT2D eigenvalue weighted by atomic mass is 16.6. The van der Waals surface area contributed by atoms with Crippen LogP contribution >= 0.6 is 0 Å². The van der Waals surface area contributed by atoms with Crippen LogP contribution in [0.4, 0.5) is 11.4 Å². The molecule has 0 aromatic heterocycles. The molecule has 1 fully saturated rings. The van der Waals surface area contributed by atoms with Crippen molar-refractivity contribution in [2.75, 3.05) is 31.1 Å². The fourth-order valence-corrected chi connectivity index (χ4v) is 2.86. The van der Waals surface area contributed by atoms with E-state index in [0.717, 1.165) is 25.9 Å². The molecule has 8 nitrogen and oxygen atoms in total. The molecule has 136 valence electrons. The summed E-state index contributed by atoms with van der Waals surface area (Å²) in [5.74, 6) is -0.150. The molecule has 1 aliphatic heterocycles. The van der Waals surface area contributed by atoms with Gasteiger partial charge in [-0.25, -0.2) is 0 Å². The number of anilines is 1. The van der Waals surface area contributed by atoms with Crippen molar-refractivity contribution in [1.82, 2.24) is 10.6 Å². The Morgan fingerprint density at radius 2 is 1.96 bits per heavy atom.